The Bertz CT molecular complexity index is 494. The highest BCUT2D eigenvalue weighted by atomic mass is 16.4. The monoisotopic (exact) mass is 276 g/mol. The lowest BCUT2D eigenvalue weighted by molar-refractivity contribution is -0.131. The SMILES string of the molecule is CNC(=O)C(C)CN(C)c1ccc(/C=C/C(=O)O)cc1. The van der Waals surface area contributed by atoms with Crippen LogP contribution in [0.3, 0.4) is 0 Å². The molecule has 1 aromatic rings. The molecule has 0 saturated carbocycles. The summed E-state index contributed by atoms with van der Waals surface area (Å²) in [5.41, 5.74) is 1.80. The van der Waals surface area contributed by atoms with Crippen LogP contribution in [0.15, 0.2) is 30.3 Å². The molecule has 5 heteroatoms. The Morgan fingerprint density at radius 1 is 1.35 bits per heavy atom. The number of aliphatic carboxylic acids is 1. The van der Waals surface area contributed by atoms with E-state index in [9.17, 15) is 9.59 Å². The molecule has 0 aromatic heterocycles. The van der Waals surface area contributed by atoms with Crippen LogP contribution in [0, 0.1) is 5.92 Å². The van der Waals surface area contributed by atoms with E-state index in [-0.39, 0.29) is 11.8 Å². The van der Waals surface area contributed by atoms with Gasteiger partial charge in [0.15, 0.2) is 0 Å². The highest BCUT2D eigenvalue weighted by Crippen LogP contribution is 2.16. The predicted molar refractivity (Wildman–Crippen MR) is 79.6 cm³/mol. The van der Waals surface area contributed by atoms with Gasteiger partial charge in [0, 0.05) is 32.4 Å². The summed E-state index contributed by atoms with van der Waals surface area (Å²) in [7, 11) is 3.55. The molecule has 1 atom stereocenters. The summed E-state index contributed by atoms with van der Waals surface area (Å²) in [6.07, 6.45) is 2.64. The van der Waals surface area contributed by atoms with E-state index in [1.165, 1.54) is 0 Å². The third-order valence-electron chi connectivity index (χ3n) is 2.99. The normalized spacial score (nSPS) is 12.2. The fourth-order valence-corrected chi connectivity index (χ4v) is 1.85. The van der Waals surface area contributed by atoms with Crippen molar-refractivity contribution >= 4 is 23.6 Å². The van der Waals surface area contributed by atoms with Crippen LogP contribution in [0.1, 0.15) is 12.5 Å². The first-order valence-electron chi connectivity index (χ1n) is 6.38. The summed E-state index contributed by atoms with van der Waals surface area (Å²) in [5.74, 6) is -1.06. The maximum atomic E-state index is 11.5. The average Bonchev–Trinajstić information content (AvgIpc) is 2.44. The van der Waals surface area contributed by atoms with Gasteiger partial charge in [-0.3, -0.25) is 4.79 Å². The molecule has 1 unspecified atom stereocenters. The zero-order valence-corrected chi connectivity index (χ0v) is 12.0. The van der Waals surface area contributed by atoms with E-state index in [0.29, 0.717) is 6.54 Å². The van der Waals surface area contributed by atoms with Gasteiger partial charge in [-0.1, -0.05) is 19.1 Å². The molecule has 0 fully saturated rings. The van der Waals surface area contributed by atoms with Crippen molar-refractivity contribution in [3.8, 4) is 0 Å². The van der Waals surface area contributed by atoms with Gasteiger partial charge in [0.1, 0.15) is 0 Å². The molecule has 0 aliphatic rings. The maximum Gasteiger partial charge on any atom is 0.328 e. The van der Waals surface area contributed by atoms with Crippen LogP contribution in [-0.2, 0) is 9.59 Å². The second-order valence-corrected chi connectivity index (χ2v) is 4.66. The van der Waals surface area contributed by atoms with Crippen LogP contribution in [-0.4, -0.2) is 37.6 Å². The van der Waals surface area contributed by atoms with Gasteiger partial charge in [0.05, 0.1) is 5.92 Å². The standard InChI is InChI=1S/C15H20N2O3/c1-11(15(20)16-2)10-17(3)13-7-4-12(5-8-13)6-9-14(18)19/h4-9,11H,10H2,1-3H3,(H,16,20)(H,18,19)/b9-6+. The van der Waals surface area contributed by atoms with Crippen molar-refractivity contribution in [2.75, 3.05) is 25.5 Å². The Labute approximate surface area is 118 Å². The van der Waals surface area contributed by atoms with Gasteiger partial charge in [0.2, 0.25) is 5.91 Å². The molecule has 1 amide bonds. The number of anilines is 1. The second kappa shape index (κ2) is 7.33. The molecular weight excluding hydrogens is 256 g/mol. The Balaban J connectivity index is 2.68. The van der Waals surface area contributed by atoms with Gasteiger partial charge in [0.25, 0.3) is 0 Å². The van der Waals surface area contributed by atoms with E-state index in [0.717, 1.165) is 17.3 Å². The first kappa shape index (κ1) is 15.8. The van der Waals surface area contributed by atoms with Crippen molar-refractivity contribution in [3.05, 3.63) is 35.9 Å². The Morgan fingerprint density at radius 2 is 1.95 bits per heavy atom. The average molecular weight is 276 g/mol. The summed E-state index contributed by atoms with van der Waals surface area (Å²) >= 11 is 0. The zero-order chi connectivity index (χ0) is 15.1. The number of carbonyl (C=O) groups is 2. The summed E-state index contributed by atoms with van der Waals surface area (Å²) < 4.78 is 0. The summed E-state index contributed by atoms with van der Waals surface area (Å²) in [4.78, 5) is 23.9. The van der Waals surface area contributed by atoms with Crippen molar-refractivity contribution in [2.24, 2.45) is 5.92 Å². The van der Waals surface area contributed by atoms with E-state index < -0.39 is 5.97 Å². The lowest BCUT2D eigenvalue weighted by atomic mass is 10.1. The number of hydrogen-bond acceptors (Lipinski definition) is 3. The van der Waals surface area contributed by atoms with Gasteiger partial charge in [-0.2, -0.15) is 0 Å². The zero-order valence-electron chi connectivity index (χ0n) is 12.0. The number of nitrogens with zero attached hydrogens (tertiary/aromatic N) is 1. The number of carbonyl (C=O) groups excluding carboxylic acids is 1. The number of amides is 1. The smallest absolute Gasteiger partial charge is 0.328 e. The fraction of sp³-hybridized carbons (Fsp3) is 0.333. The molecule has 0 aliphatic heterocycles. The van der Waals surface area contributed by atoms with Gasteiger partial charge in [-0.25, -0.2) is 4.79 Å². The van der Waals surface area contributed by atoms with Gasteiger partial charge >= 0.3 is 5.97 Å². The number of nitrogens with one attached hydrogen (secondary N) is 1. The first-order chi connectivity index (χ1) is 9.43. The third-order valence-corrected chi connectivity index (χ3v) is 2.99. The molecule has 0 heterocycles. The highest BCUT2D eigenvalue weighted by Gasteiger charge is 2.13. The Hall–Kier alpha value is -2.30. The van der Waals surface area contributed by atoms with Crippen LogP contribution >= 0.6 is 0 Å². The maximum absolute atomic E-state index is 11.5. The molecule has 2 N–H and O–H groups in total. The van der Waals surface area contributed by atoms with Gasteiger partial charge in [-0.05, 0) is 23.8 Å². The van der Waals surface area contributed by atoms with E-state index in [4.69, 9.17) is 5.11 Å². The summed E-state index contributed by atoms with van der Waals surface area (Å²) in [6.45, 7) is 2.49. The molecule has 5 nitrogen and oxygen atoms in total. The highest BCUT2D eigenvalue weighted by molar-refractivity contribution is 5.85. The molecule has 0 saturated heterocycles. The number of benzene rings is 1. The van der Waals surface area contributed by atoms with Crippen LogP contribution in [0.4, 0.5) is 5.69 Å². The predicted octanol–water partition coefficient (Wildman–Crippen LogP) is 1.60. The summed E-state index contributed by atoms with van der Waals surface area (Å²) in [5, 5.41) is 11.2. The van der Waals surface area contributed by atoms with E-state index in [1.54, 1.807) is 13.1 Å². The van der Waals surface area contributed by atoms with Crippen LogP contribution in [0.5, 0.6) is 0 Å². The van der Waals surface area contributed by atoms with E-state index >= 15 is 0 Å². The molecule has 20 heavy (non-hydrogen) atoms. The molecule has 0 aliphatic carbocycles. The van der Waals surface area contributed by atoms with E-state index in [1.807, 2.05) is 43.1 Å². The van der Waals surface area contributed by atoms with Crippen LogP contribution in [0.2, 0.25) is 0 Å². The number of carboxylic acids is 1. The second-order valence-electron chi connectivity index (χ2n) is 4.66. The Kier molecular flexibility index (Phi) is 5.77. The minimum absolute atomic E-state index is 0.0119. The molecule has 108 valence electrons. The molecule has 1 aromatic carbocycles. The lowest BCUT2D eigenvalue weighted by Crippen LogP contribution is -2.34. The van der Waals surface area contributed by atoms with Crippen molar-refractivity contribution in [3.63, 3.8) is 0 Å². The molecule has 0 spiro atoms. The minimum atomic E-state index is -0.967. The topological polar surface area (TPSA) is 69.6 Å². The van der Waals surface area contributed by atoms with Crippen molar-refractivity contribution in [2.45, 2.75) is 6.92 Å². The van der Waals surface area contributed by atoms with Crippen LogP contribution < -0.4 is 10.2 Å². The third kappa shape index (κ3) is 4.76. The number of hydrogen-bond donors (Lipinski definition) is 2. The van der Waals surface area contributed by atoms with Crippen molar-refractivity contribution < 1.29 is 14.7 Å². The largest absolute Gasteiger partial charge is 0.478 e. The Morgan fingerprint density at radius 3 is 2.45 bits per heavy atom. The first-order valence-corrected chi connectivity index (χ1v) is 6.38. The molecule has 0 bridgehead atoms. The molecule has 0 radical (unpaired) electrons. The lowest BCUT2D eigenvalue weighted by Gasteiger charge is -2.22. The fourth-order valence-electron chi connectivity index (χ4n) is 1.85. The minimum Gasteiger partial charge on any atom is -0.478 e. The van der Waals surface area contributed by atoms with Crippen molar-refractivity contribution in [1.82, 2.24) is 5.32 Å². The van der Waals surface area contributed by atoms with Crippen molar-refractivity contribution in [1.29, 1.82) is 0 Å². The summed E-state index contributed by atoms with van der Waals surface area (Å²) in [6, 6.07) is 7.49. The quantitative estimate of drug-likeness (QED) is 0.774. The number of rotatable bonds is 6. The molecular formula is C15H20N2O3. The number of carboxylic acid groups (broad SMARTS) is 1. The van der Waals surface area contributed by atoms with E-state index in [2.05, 4.69) is 5.32 Å². The van der Waals surface area contributed by atoms with Gasteiger partial charge in [-0.15, -0.1) is 0 Å². The van der Waals surface area contributed by atoms with Gasteiger partial charge < -0.3 is 15.3 Å². The molecule has 1 rings (SSSR count). The van der Waals surface area contributed by atoms with Crippen LogP contribution in [0.25, 0.3) is 6.08 Å².